The minimum absolute atomic E-state index is 0.0848. The number of carbonyl (C=O) groups excluding carboxylic acids is 1. The summed E-state index contributed by atoms with van der Waals surface area (Å²) in [5, 5.41) is 10.8. The molecule has 0 bridgehead atoms. The quantitative estimate of drug-likeness (QED) is 0.420. The molecule has 1 aromatic carbocycles. The highest BCUT2D eigenvalue weighted by Crippen LogP contribution is 2.25. The Morgan fingerprint density at radius 1 is 1.19 bits per heavy atom. The zero-order chi connectivity index (χ0) is 15.0. The number of hydrogen-bond acceptors (Lipinski definition) is 4. The van der Waals surface area contributed by atoms with Crippen molar-refractivity contribution in [1.29, 1.82) is 0 Å². The van der Waals surface area contributed by atoms with Crippen molar-refractivity contribution < 1.29 is 9.72 Å². The van der Waals surface area contributed by atoms with E-state index in [1.807, 2.05) is 31.2 Å². The number of fused-ring (bicyclic) bond motifs is 1. The molecule has 0 N–H and O–H groups in total. The van der Waals surface area contributed by atoms with Gasteiger partial charge in [-0.3, -0.25) is 19.3 Å². The summed E-state index contributed by atoms with van der Waals surface area (Å²) in [6.45, 7) is 1.97. The Morgan fingerprint density at radius 3 is 2.52 bits per heavy atom. The van der Waals surface area contributed by atoms with Crippen LogP contribution in [0.2, 0.25) is 0 Å². The van der Waals surface area contributed by atoms with Gasteiger partial charge in [-0.1, -0.05) is 29.8 Å². The van der Waals surface area contributed by atoms with E-state index in [9.17, 15) is 14.9 Å². The number of nitro groups is 1. The van der Waals surface area contributed by atoms with Crippen LogP contribution in [-0.4, -0.2) is 20.6 Å². The minimum Gasteiger partial charge on any atom is -0.296 e. The molecular formula is C15H11N3O3. The third-order valence-electron chi connectivity index (χ3n) is 3.29. The molecule has 6 nitrogen and oxygen atoms in total. The lowest BCUT2D eigenvalue weighted by Crippen LogP contribution is -1.95. The molecule has 0 unspecified atom stereocenters. The van der Waals surface area contributed by atoms with Crippen LogP contribution in [0, 0.1) is 17.0 Å². The number of aldehydes is 1. The summed E-state index contributed by atoms with van der Waals surface area (Å²) in [5.41, 5.74) is 3.14. The van der Waals surface area contributed by atoms with Gasteiger partial charge in [-0.25, -0.2) is 4.98 Å². The van der Waals surface area contributed by atoms with Crippen molar-refractivity contribution in [3.8, 4) is 11.3 Å². The van der Waals surface area contributed by atoms with Crippen molar-refractivity contribution in [3.63, 3.8) is 0 Å². The van der Waals surface area contributed by atoms with Crippen LogP contribution in [0.5, 0.6) is 0 Å². The fraction of sp³-hybridized carbons (Fsp3) is 0.0667. The van der Waals surface area contributed by atoms with Crippen LogP contribution in [0.1, 0.15) is 16.1 Å². The van der Waals surface area contributed by atoms with Crippen LogP contribution in [-0.2, 0) is 0 Å². The number of imidazole rings is 1. The Hall–Kier alpha value is -3.02. The summed E-state index contributed by atoms with van der Waals surface area (Å²) in [5.74, 6) is 0. The average molecular weight is 281 g/mol. The Bertz CT molecular complexity index is 850. The largest absolute Gasteiger partial charge is 0.296 e. The highest BCUT2D eigenvalue weighted by atomic mass is 16.6. The molecule has 0 aliphatic carbocycles. The summed E-state index contributed by atoms with van der Waals surface area (Å²) >= 11 is 0. The second kappa shape index (κ2) is 4.82. The van der Waals surface area contributed by atoms with Crippen LogP contribution in [0.3, 0.4) is 0 Å². The number of rotatable bonds is 3. The van der Waals surface area contributed by atoms with Gasteiger partial charge in [0.25, 0.3) is 5.69 Å². The zero-order valence-electron chi connectivity index (χ0n) is 11.2. The van der Waals surface area contributed by atoms with E-state index in [1.165, 1.54) is 22.7 Å². The van der Waals surface area contributed by atoms with Gasteiger partial charge in [-0.05, 0) is 13.0 Å². The molecule has 0 saturated carbocycles. The van der Waals surface area contributed by atoms with E-state index in [4.69, 9.17) is 0 Å². The number of pyridine rings is 1. The van der Waals surface area contributed by atoms with Crippen LogP contribution in [0.4, 0.5) is 5.69 Å². The Labute approximate surface area is 119 Å². The lowest BCUT2D eigenvalue weighted by atomic mass is 10.1. The van der Waals surface area contributed by atoms with Gasteiger partial charge in [0.1, 0.15) is 17.0 Å². The van der Waals surface area contributed by atoms with Gasteiger partial charge in [0.15, 0.2) is 6.29 Å². The van der Waals surface area contributed by atoms with E-state index < -0.39 is 4.92 Å². The van der Waals surface area contributed by atoms with E-state index >= 15 is 0 Å². The number of aryl methyl sites for hydroxylation is 1. The molecular weight excluding hydrogens is 270 g/mol. The lowest BCUT2D eigenvalue weighted by Gasteiger charge is -1.99. The number of benzene rings is 1. The molecule has 3 rings (SSSR count). The molecule has 0 saturated heterocycles. The second-order valence-electron chi connectivity index (χ2n) is 4.70. The Kier molecular flexibility index (Phi) is 2.98. The molecule has 2 aromatic heterocycles. The minimum atomic E-state index is -0.500. The predicted molar refractivity (Wildman–Crippen MR) is 77.4 cm³/mol. The average Bonchev–Trinajstić information content (AvgIpc) is 2.85. The normalized spacial score (nSPS) is 10.7. The van der Waals surface area contributed by atoms with Crippen LogP contribution < -0.4 is 0 Å². The topological polar surface area (TPSA) is 77.5 Å². The van der Waals surface area contributed by atoms with Crippen molar-refractivity contribution in [1.82, 2.24) is 9.38 Å². The fourth-order valence-electron chi connectivity index (χ4n) is 2.20. The third-order valence-corrected chi connectivity index (χ3v) is 3.29. The first-order valence-electron chi connectivity index (χ1n) is 6.29. The first-order chi connectivity index (χ1) is 10.1. The first-order valence-corrected chi connectivity index (χ1v) is 6.29. The molecule has 6 heteroatoms. The summed E-state index contributed by atoms with van der Waals surface area (Å²) in [6, 6.07) is 10.5. The summed E-state index contributed by atoms with van der Waals surface area (Å²) in [4.78, 5) is 26.1. The maximum Gasteiger partial charge on any atom is 0.286 e. The molecule has 0 fully saturated rings. The zero-order valence-corrected chi connectivity index (χ0v) is 11.2. The monoisotopic (exact) mass is 281 g/mol. The third kappa shape index (κ3) is 2.16. The van der Waals surface area contributed by atoms with Crippen molar-refractivity contribution in [2.45, 2.75) is 6.92 Å². The Balaban J connectivity index is 2.26. The summed E-state index contributed by atoms with van der Waals surface area (Å²) in [7, 11) is 0. The van der Waals surface area contributed by atoms with Gasteiger partial charge in [0, 0.05) is 11.6 Å². The van der Waals surface area contributed by atoms with E-state index in [2.05, 4.69) is 4.98 Å². The number of aromatic nitrogens is 2. The molecule has 0 radical (unpaired) electrons. The molecule has 2 heterocycles. The van der Waals surface area contributed by atoms with Crippen LogP contribution >= 0.6 is 0 Å². The molecule has 0 amide bonds. The first kappa shape index (κ1) is 13.0. The maximum atomic E-state index is 11.4. The lowest BCUT2D eigenvalue weighted by molar-refractivity contribution is -0.385. The fourth-order valence-corrected chi connectivity index (χ4v) is 2.20. The molecule has 0 aliphatic rings. The van der Waals surface area contributed by atoms with Gasteiger partial charge in [-0.2, -0.15) is 0 Å². The number of hydrogen-bond donors (Lipinski definition) is 0. The van der Waals surface area contributed by atoms with Gasteiger partial charge < -0.3 is 0 Å². The predicted octanol–water partition coefficient (Wildman–Crippen LogP) is 3.03. The SMILES string of the molecule is Cc1ccc(-c2nc3ccc([N+](=O)[O-])cn3c2C=O)cc1. The standard InChI is InChI=1S/C15H11N3O3/c1-10-2-4-11(5-3-10)15-13(9-19)17-8-12(18(20)21)6-7-14(17)16-15/h2-9H,1H3. The van der Waals surface area contributed by atoms with E-state index in [0.717, 1.165) is 11.1 Å². The van der Waals surface area contributed by atoms with Gasteiger partial charge in [-0.15, -0.1) is 0 Å². The second-order valence-corrected chi connectivity index (χ2v) is 4.70. The van der Waals surface area contributed by atoms with Gasteiger partial charge in [0.2, 0.25) is 0 Å². The number of nitrogens with zero attached hydrogens (tertiary/aromatic N) is 3. The molecule has 0 spiro atoms. The van der Waals surface area contributed by atoms with Gasteiger partial charge in [0.05, 0.1) is 11.1 Å². The highest BCUT2D eigenvalue weighted by molar-refractivity contribution is 5.86. The van der Waals surface area contributed by atoms with Crippen molar-refractivity contribution in [3.05, 3.63) is 64.0 Å². The van der Waals surface area contributed by atoms with Crippen molar-refractivity contribution >= 4 is 17.6 Å². The van der Waals surface area contributed by atoms with Crippen LogP contribution in [0.25, 0.3) is 16.9 Å². The molecule has 104 valence electrons. The van der Waals surface area contributed by atoms with Crippen molar-refractivity contribution in [2.75, 3.05) is 0 Å². The summed E-state index contributed by atoms with van der Waals surface area (Å²) < 4.78 is 1.44. The van der Waals surface area contributed by atoms with E-state index in [0.29, 0.717) is 23.3 Å². The molecule has 0 atom stereocenters. The summed E-state index contributed by atoms with van der Waals surface area (Å²) in [6.07, 6.45) is 1.97. The van der Waals surface area contributed by atoms with Crippen LogP contribution in [0.15, 0.2) is 42.6 Å². The molecule has 21 heavy (non-hydrogen) atoms. The smallest absolute Gasteiger partial charge is 0.286 e. The Morgan fingerprint density at radius 2 is 1.90 bits per heavy atom. The highest BCUT2D eigenvalue weighted by Gasteiger charge is 2.16. The van der Waals surface area contributed by atoms with Gasteiger partial charge >= 0.3 is 0 Å². The number of carbonyl (C=O) groups is 1. The molecule has 0 aliphatic heterocycles. The van der Waals surface area contributed by atoms with E-state index in [1.54, 1.807) is 0 Å². The van der Waals surface area contributed by atoms with Crippen molar-refractivity contribution in [2.24, 2.45) is 0 Å². The molecule has 3 aromatic rings. The maximum absolute atomic E-state index is 11.4. The van der Waals surface area contributed by atoms with E-state index in [-0.39, 0.29) is 5.69 Å².